The summed E-state index contributed by atoms with van der Waals surface area (Å²) in [5.41, 5.74) is 7.73. The van der Waals surface area contributed by atoms with Crippen LogP contribution in [0, 0.1) is 0 Å². The van der Waals surface area contributed by atoms with Crippen molar-refractivity contribution in [2.45, 2.75) is 0 Å². The molecule has 0 aromatic heterocycles. The summed E-state index contributed by atoms with van der Waals surface area (Å²) >= 11 is 0. The van der Waals surface area contributed by atoms with Crippen molar-refractivity contribution < 1.29 is 5.11 Å². The molecule has 8 heavy (non-hydrogen) atoms. The fraction of sp³-hybridized carbons (Fsp3) is 0.500. The second kappa shape index (κ2) is 6.01. The third kappa shape index (κ3) is 5.01. The lowest BCUT2D eigenvalue weighted by atomic mass is 10.5. The standard InChI is InChI=1S/C4H7N3O/c5-7-6-3-1-2-4-8/h1-2,8H,3-4H2. The molecule has 0 unspecified atom stereocenters. The van der Waals surface area contributed by atoms with Crippen LogP contribution < -0.4 is 0 Å². The van der Waals surface area contributed by atoms with Crippen molar-refractivity contribution in [1.29, 1.82) is 0 Å². The molecule has 0 saturated carbocycles. The normalized spacial score (nSPS) is 9.12. The quantitative estimate of drug-likeness (QED) is 0.250. The SMILES string of the molecule is [N-]=[N+]=NCC=CCO. The lowest BCUT2D eigenvalue weighted by molar-refractivity contribution is 0.342. The first kappa shape index (κ1) is 7.01. The van der Waals surface area contributed by atoms with Crippen molar-refractivity contribution in [3.63, 3.8) is 0 Å². The molecule has 0 aliphatic rings. The van der Waals surface area contributed by atoms with Crippen LogP contribution in [0.15, 0.2) is 17.3 Å². The van der Waals surface area contributed by atoms with E-state index in [0.29, 0.717) is 6.54 Å². The molecule has 0 rings (SSSR count). The van der Waals surface area contributed by atoms with Crippen LogP contribution in [0.3, 0.4) is 0 Å². The molecule has 0 atom stereocenters. The van der Waals surface area contributed by atoms with Gasteiger partial charge in [0.25, 0.3) is 0 Å². The van der Waals surface area contributed by atoms with Crippen molar-refractivity contribution in [3.8, 4) is 0 Å². The van der Waals surface area contributed by atoms with Crippen molar-refractivity contribution in [1.82, 2.24) is 0 Å². The molecule has 0 heterocycles. The Morgan fingerprint density at radius 3 is 2.88 bits per heavy atom. The smallest absolute Gasteiger partial charge is 0.0612 e. The number of hydrogen-bond donors (Lipinski definition) is 1. The summed E-state index contributed by atoms with van der Waals surface area (Å²) in [7, 11) is 0. The van der Waals surface area contributed by atoms with Crippen LogP contribution in [0.25, 0.3) is 10.4 Å². The molecule has 4 heteroatoms. The minimum atomic E-state index is 0.000941. The summed E-state index contributed by atoms with van der Waals surface area (Å²) in [5, 5.41) is 11.3. The Hall–Kier alpha value is -0.990. The van der Waals surface area contributed by atoms with E-state index in [1.54, 1.807) is 6.08 Å². The largest absolute Gasteiger partial charge is 0.392 e. The average molecular weight is 113 g/mol. The first-order valence-electron chi connectivity index (χ1n) is 2.18. The summed E-state index contributed by atoms with van der Waals surface area (Å²) in [6, 6.07) is 0. The number of hydrogen-bond acceptors (Lipinski definition) is 2. The molecule has 0 aromatic carbocycles. The van der Waals surface area contributed by atoms with Gasteiger partial charge in [-0.2, -0.15) is 0 Å². The molecule has 0 aliphatic carbocycles. The number of aliphatic hydroxyl groups excluding tert-OH is 1. The van der Waals surface area contributed by atoms with E-state index in [4.69, 9.17) is 10.6 Å². The van der Waals surface area contributed by atoms with E-state index in [2.05, 4.69) is 10.0 Å². The van der Waals surface area contributed by atoms with E-state index < -0.39 is 0 Å². The van der Waals surface area contributed by atoms with E-state index >= 15 is 0 Å². The van der Waals surface area contributed by atoms with Crippen LogP contribution >= 0.6 is 0 Å². The van der Waals surface area contributed by atoms with Crippen LogP contribution in [-0.2, 0) is 0 Å². The highest BCUT2D eigenvalue weighted by Crippen LogP contribution is 1.73. The Morgan fingerprint density at radius 1 is 1.62 bits per heavy atom. The van der Waals surface area contributed by atoms with Gasteiger partial charge >= 0.3 is 0 Å². The van der Waals surface area contributed by atoms with Crippen molar-refractivity contribution in [3.05, 3.63) is 22.6 Å². The van der Waals surface area contributed by atoms with Crippen LogP contribution in [0.2, 0.25) is 0 Å². The van der Waals surface area contributed by atoms with E-state index in [1.807, 2.05) is 0 Å². The number of aliphatic hydroxyl groups is 1. The molecule has 0 amide bonds. The Kier molecular flexibility index (Phi) is 5.27. The Balaban J connectivity index is 3.15. The molecule has 0 aromatic rings. The van der Waals surface area contributed by atoms with E-state index in [0.717, 1.165) is 0 Å². The van der Waals surface area contributed by atoms with Crippen molar-refractivity contribution in [2.75, 3.05) is 13.2 Å². The van der Waals surface area contributed by atoms with E-state index in [1.165, 1.54) is 6.08 Å². The highest BCUT2D eigenvalue weighted by atomic mass is 16.2. The summed E-state index contributed by atoms with van der Waals surface area (Å²) < 4.78 is 0. The number of nitrogens with zero attached hydrogens (tertiary/aromatic N) is 3. The maximum Gasteiger partial charge on any atom is 0.0612 e. The minimum absolute atomic E-state index is 0.000941. The lowest BCUT2D eigenvalue weighted by Gasteiger charge is -1.74. The van der Waals surface area contributed by atoms with Gasteiger partial charge in [-0.3, -0.25) is 0 Å². The zero-order valence-corrected chi connectivity index (χ0v) is 4.36. The first-order chi connectivity index (χ1) is 3.91. The zero-order valence-electron chi connectivity index (χ0n) is 4.36. The number of azide groups is 1. The summed E-state index contributed by atoms with van der Waals surface area (Å²) in [4.78, 5) is 2.50. The summed E-state index contributed by atoms with van der Waals surface area (Å²) in [6.45, 7) is 0.317. The fourth-order valence-electron chi connectivity index (χ4n) is 0.233. The molecule has 0 fully saturated rings. The maximum atomic E-state index is 8.14. The van der Waals surface area contributed by atoms with Gasteiger partial charge in [0.15, 0.2) is 0 Å². The van der Waals surface area contributed by atoms with Crippen molar-refractivity contribution in [2.24, 2.45) is 5.11 Å². The molecule has 0 aliphatic heterocycles. The zero-order chi connectivity index (χ0) is 6.24. The summed E-state index contributed by atoms with van der Waals surface area (Å²) in [6.07, 6.45) is 3.12. The lowest BCUT2D eigenvalue weighted by Crippen LogP contribution is -1.72. The predicted molar refractivity (Wildman–Crippen MR) is 30.2 cm³/mol. The van der Waals surface area contributed by atoms with Gasteiger partial charge in [-0.05, 0) is 5.53 Å². The van der Waals surface area contributed by atoms with E-state index in [9.17, 15) is 0 Å². The van der Waals surface area contributed by atoms with Crippen LogP contribution in [0.4, 0.5) is 0 Å². The van der Waals surface area contributed by atoms with E-state index in [-0.39, 0.29) is 6.61 Å². The third-order valence-corrected chi connectivity index (χ3v) is 0.522. The third-order valence-electron chi connectivity index (χ3n) is 0.522. The second-order valence-electron chi connectivity index (χ2n) is 1.07. The van der Waals surface area contributed by atoms with Gasteiger partial charge in [-0.15, -0.1) is 0 Å². The van der Waals surface area contributed by atoms with Crippen LogP contribution in [0.5, 0.6) is 0 Å². The fourth-order valence-corrected chi connectivity index (χ4v) is 0.233. The first-order valence-corrected chi connectivity index (χ1v) is 2.18. The molecule has 44 valence electrons. The molecule has 0 spiro atoms. The minimum Gasteiger partial charge on any atom is -0.392 e. The van der Waals surface area contributed by atoms with Gasteiger partial charge in [-0.25, -0.2) is 0 Å². The molecule has 4 nitrogen and oxygen atoms in total. The van der Waals surface area contributed by atoms with Gasteiger partial charge in [0.05, 0.1) is 6.61 Å². The Bertz CT molecular complexity index is 114. The molecule has 1 N–H and O–H groups in total. The Labute approximate surface area is 47.1 Å². The van der Waals surface area contributed by atoms with Crippen LogP contribution in [0.1, 0.15) is 0 Å². The molecular weight excluding hydrogens is 106 g/mol. The average Bonchev–Trinajstić information content (AvgIpc) is 1.81. The van der Waals surface area contributed by atoms with Gasteiger partial charge in [0, 0.05) is 11.5 Å². The number of rotatable bonds is 3. The van der Waals surface area contributed by atoms with Gasteiger partial charge in [0.2, 0.25) is 0 Å². The monoisotopic (exact) mass is 113 g/mol. The molecule has 0 saturated heterocycles. The van der Waals surface area contributed by atoms with Gasteiger partial charge < -0.3 is 5.11 Å². The van der Waals surface area contributed by atoms with Gasteiger partial charge in [-0.1, -0.05) is 17.3 Å². The molecule has 0 bridgehead atoms. The highest BCUT2D eigenvalue weighted by Gasteiger charge is 1.66. The maximum absolute atomic E-state index is 8.14. The molecular formula is C4H7N3O. The topological polar surface area (TPSA) is 69.0 Å². The van der Waals surface area contributed by atoms with Crippen LogP contribution in [-0.4, -0.2) is 18.3 Å². The second-order valence-corrected chi connectivity index (χ2v) is 1.07. The predicted octanol–water partition coefficient (Wildman–Crippen LogP) is 0.845. The Morgan fingerprint density at radius 2 is 2.38 bits per heavy atom. The highest BCUT2D eigenvalue weighted by molar-refractivity contribution is 4.82. The van der Waals surface area contributed by atoms with Crippen molar-refractivity contribution >= 4 is 0 Å². The molecule has 0 radical (unpaired) electrons. The summed E-state index contributed by atoms with van der Waals surface area (Å²) in [5.74, 6) is 0. The van der Waals surface area contributed by atoms with Gasteiger partial charge in [0.1, 0.15) is 0 Å².